The molecule has 0 saturated heterocycles. The first-order valence-electron chi connectivity index (χ1n) is 11.0. The molecule has 178 valence electrons. The van der Waals surface area contributed by atoms with E-state index in [-0.39, 0.29) is 17.2 Å². The molecule has 0 saturated carbocycles. The van der Waals surface area contributed by atoms with Crippen LogP contribution >= 0.6 is 0 Å². The third-order valence-corrected chi connectivity index (χ3v) is 6.27. The Labute approximate surface area is 199 Å². The molecule has 0 bridgehead atoms. The third kappa shape index (κ3) is 3.54. The summed E-state index contributed by atoms with van der Waals surface area (Å²) < 4.78 is 18.9. The minimum Gasteiger partial charge on any atom is -0.378 e. The number of aromatic nitrogens is 5. The summed E-state index contributed by atoms with van der Waals surface area (Å²) in [5, 5.41) is 8.04. The summed E-state index contributed by atoms with van der Waals surface area (Å²) in [5.74, 6) is -1.29. The highest BCUT2D eigenvalue weighted by Gasteiger charge is 2.22. The minimum atomic E-state index is -0.736. The minimum absolute atomic E-state index is 0.0518. The Morgan fingerprint density at radius 3 is 2.63 bits per heavy atom. The number of benzene rings is 2. The van der Waals surface area contributed by atoms with E-state index >= 15 is 0 Å². The van der Waals surface area contributed by atoms with Crippen LogP contribution in [0, 0.1) is 12.7 Å². The van der Waals surface area contributed by atoms with Crippen molar-refractivity contribution in [3.8, 4) is 11.4 Å². The van der Waals surface area contributed by atoms with Gasteiger partial charge in [0, 0.05) is 26.0 Å². The van der Waals surface area contributed by atoms with Crippen molar-refractivity contribution in [2.45, 2.75) is 19.9 Å². The molecule has 0 aliphatic rings. The van der Waals surface area contributed by atoms with Crippen LogP contribution in [-0.2, 0) is 14.1 Å². The number of nitrogens with one attached hydrogen (secondary N) is 1. The average molecular weight is 474 g/mol. The predicted octanol–water partition coefficient (Wildman–Crippen LogP) is 3.31. The van der Waals surface area contributed by atoms with Gasteiger partial charge in [-0.3, -0.25) is 23.2 Å². The van der Waals surface area contributed by atoms with Gasteiger partial charge >= 0.3 is 0 Å². The molecule has 3 aromatic heterocycles. The number of amides is 1. The van der Waals surface area contributed by atoms with E-state index in [4.69, 9.17) is 5.73 Å². The summed E-state index contributed by atoms with van der Waals surface area (Å²) in [7, 11) is 3.54. The second-order valence-electron chi connectivity index (χ2n) is 8.66. The number of fused-ring (bicyclic) bond motifs is 3. The Morgan fingerprint density at radius 1 is 1.17 bits per heavy atom. The van der Waals surface area contributed by atoms with Gasteiger partial charge in [0.05, 0.1) is 28.2 Å². The van der Waals surface area contributed by atoms with Crippen molar-refractivity contribution in [3.63, 3.8) is 0 Å². The smallest absolute Gasteiger partial charge is 0.261 e. The van der Waals surface area contributed by atoms with Gasteiger partial charge in [-0.15, -0.1) is 0 Å². The van der Waals surface area contributed by atoms with E-state index in [1.54, 1.807) is 28.8 Å². The lowest BCUT2D eigenvalue weighted by molar-refractivity contribution is 0.100. The summed E-state index contributed by atoms with van der Waals surface area (Å²) in [6.07, 6.45) is 3.37. The maximum atomic E-state index is 13.7. The van der Waals surface area contributed by atoms with Crippen molar-refractivity contribution in [2.24, 2.45) is 19.8 Å². The van der Waals surface area contributed by atoms with Gasteiger partial charge in [0.2, 0.25) is 0 Å². The standard InChI is InChI=1S/C25H24FN7O2/c1-13-9-16(14(2)30-19-6-5-15(26)11-17(19)23(27)34)22-18(10-13)25(35)31(3)24-21(28-12-33(22)24)20-7-8-29-32(20)4/h5-12,14,30H,1-4H3,(H2,27,34). The van der Waals surface area contributed by atoms with Gasteiger partial charge in [0.15, 0.2) is 0 Å². The number of nitrogens with zero attached hydrogens (tertiary/aromatic N) is 5. The van der Waals surface area contributed by atoms with Crippen molar-refractivity contribution in [1.29, 1.82) is 0 Å². The molecule has 3 heterocycles. The summed E-state index contributed by atoms with van der Waals surface area (Å²) in [6.45, 7) is 3.83. The van der Waals surface area contributed by atoms with E-state index in [0.29, 0.717) is 27.9 Å². The zero-order chi connectivity index (χ0) is 25.0. The molecule has 1 amide bonds. The maximum Gasteiger partial charge on any atom is 0.261 e. The highest BCUT2D eigenvalue weighted by Crippen LogP contribution is 2.31. The van der Waals surface area contributed by atoms with Crippen LogP contribution in [-0.4, -0.2) is 29.6 Å². The van der Waals surface area contributed by atoms with Crippen molar-refractivity contribution in [2.75, 3.05) is 5.32 Å². The molecule has 0 aliphatic carbocycles. The lowest BCUT2D eigenvalue weighted by Gasteiger charge is -2.21. The van der Waals surface area contributed by atoms with Crippen LogP contribution in [0.3, 0.4) is 0 Å². The van der Waals surface area contributed by atoms with Gasteiger partial charge in [-0.05, 0) is 55.3 Å². The fraction of sp³-hybridized carbons (Fsp3) is 0.200. The molecule has 10 heteroatoms. The van der Waals surface area contributed by atoms with Crippen molar-refractivity contribution in [3.05, 3.63) is 81.8 Å². The first-order chi connectivity index (χ1) is 16.7. The topological polar surface area (TPSA) is 112 Å². The van der Waals surface area contributed by atoms with Crippen LogP contribution in [0.15, 0.2) is 53.7 Å². The number of halogens is 1. The lowest BCUT2D eigenvalue weighted by atomic mass is 10.00. The number of carbonyl (C=O) groups excluding carboxylic acids is 1. The van der Waals surface area contributed by atoms with E-state index in [0.717, 1.165) is 22.9 Å². The van der Waals surface area contributed by atoms with Gasteiger partial charge in [-0.25, -0.2) is 9.37 Å². The monoisotopic (exact) mass is 473 g/mol. The molecular formula is C25H24FN7O2. The Kier molecular flexibility index (Phi) is 5.16. The number of imidazole rings is 1. The van der Waals surface area contributed by atoms with E-state index in [9.17, 15) is 14.0 Å². The third-order valence-electron chi connectivity index (χ3n) is 6.27. The number of primary amides is 1. The van der Waals surface area contributed by atoms with Crippen molar-refractivity contribution < 1.29 is 9.18 Å². The zero-order valence-electron chi connectivity index (χ0n) is 19.7. The molecular weight excluding hydrogens is 449 g/mol. The van der Waals surface area contributed by atoms with Gasteiger partial charge in [-0.1, -0.05) is 6.07 Å². The first-order valence-corrected chi connectivity index (χ1v) is 11.0. The lowest BCUT2D eigenvalue weighted by Crippen LogP contribution is -2.22. The molecule has 35 heavy (non-hydrogen) atoms. The Morgan fingerprint density at radius 2 is 1.94 bits per heavy atom. The molecule has 5 aromatic rings. The molecule has 2 aromatic carbocycles. The normalized spacial score (nSPS) is 12.4. The molecule has 5 rings (SSSR count). The molecule has 1 unspecified atom stereocenters. The van der Waals surface area contributed by atoms with Crippen molar-refractivity contribution >= 4 is 28.1 Å². The number of hydrogen-bond acceptors (Lipinski definition) is 5. The quantitative estimate of drug-likeness (QED) is 0.407. The molecule has 0 aliphatic heterocycles. The average Bonchev–Trinajstić information content (AvgIpc) is 3.43. The van der Waals surface area contributed by atoms with E-state index in [1.807, 2.05) is 43.5 Å². The number of nitrogens with two attached hydrogens (primary N) is 1. The van der Waals surface area contributed by atoms with Gasteiger partial charge in [0.25, 0.3) is 11.5 Å². The van der Waals surface area contributed by atoms with E-state index in [2.05, 4.69) is 15.4 Å². The summed E-state index contributed by atoms with van der Waals surface area (Å²) in [5.41, 5.74) is 10.2. The fourth-order valence-electron chi connectivity index (χ4n) is 4.62. The molecule has 1 atom stereocenters. The van der Waals surface area contributed by atoms with Crippen LogP contribution in [0.1, 0.15) is 34.5 Å². The number of hydrogen-bond donors (Lipinski definition) is 2. The van der Waals surface area contributed by atoms with E-state index in [1.165, 1.54) is 12.1 Å². The van der Waals surface area contributed by atoms with Crippen molar-refractivity contribution in [1.82, 2.24) is 23.7 Å². The van der Waals surface area contributed by atoms with Gasteiger partial charge in [0.1, 0.15) is 23.5 Å². The molecule has 0 spiro atoms. The fourth-order valence-corrected chi connectivity index (χ4v) is 4.62. The molecule has 0 radical (unpaired) electrons. The van der Waals surface area contributed by atoms with Crippen LogP contribution in [0.2, 0.25) is 0 Å². The second kappa shape index (κ2) is 8.08. The Bertz CT molecular complexity index is 1700. The molecule has 3 N–H and O–H groups in total. The van der Waals surface area contributed by atoms with Gasteiger partial charge in [-0.2, -0.15) is 5.10 Å². The SMILES string of the molecule is Cc1cc(C(C)Nc2ccc(F)cc2C(N)=O)c2c(c1)c(=O)n(C)c1c(-c3ccnn3C)ncn21. The number of carbonyl (C=O) groups is 1. The summed E-state index contributed by atoms with van der Waals surface area (Å²) in [6, 6.07) is 9.17. The predicted molar refractivity (Wildman–Crippen MR) is 132 cm³/mol. The Balaban J connectivity index is 1.76. The first kappa shape index (κ1) is 22.3. The summed E-state index contributed by atoms with van der Waals surface area (Å²) in [4.78, 5) is 30.0. The van der Waals surface area contributed by atoms with Crippen LogP contribution in [0.4, 0.5) is 10.1 Å². The van der Waals surface area contributed by atoms with E-state index < -0.39 is 11.7 Å². The molecule has 9 nitrogen and oxygen atoms in total. The second-order valence-corrected chi connectivity index (χ2v) is 8.66. The largest absolute Gasteiger partial charge is 0.378 e. The van der Waals surface area contributed by atoms with Gasteiger partial charge < -0.3 is 11.1 Å². The van der Waals surface area contributed by atoms with Crippen LogP contribution in [0.5, 0.6) is 0 Å². The Hall–Kier alpha value is -4.47. The number of anilines is 1. The highest BCUT2D eigenvalue weighted by atomic mass is 19.1. The maximum absolute atomic E-state index is 13.7. The van der Waals surface area contributed by atoms with Crippen LogP contribution in [0.25, 0.3) is 27.9 Å². The van der Waals surface area contributed by atoms with Crippen LogP contribution < -0.4 is 16.6 Å². The number of aryl methyl sites for hydroxylation is 3. The summed E-state index contributed by atoms with van der Waals surface area (Å²) >= 11 is 0. The number of rotatable bonds is 5. The zero-order valence-corrected chi connectivity index (χ0v) is 19.7. The highest BCUT2D eigenvalue weighted by molar-refractivity contribution is 5.98. The molecule has 0 fully saturated rings.